The molecule has 0 spiro atoms. The Morgan fingerprint density at radius 2 is 1.95 bits per heavy atom. The highest BCUT2D eigenvalue weighted by atomic mass is 79.9. The van der Waals surface area contributed by atoms with Gasteiger partial charge < -0.3 is 14.8 Å². The van der Waals surface area contributed by atoms with E-state index in [-0.39, 0.29) is 22.4 Å². The number of benzene rings is 2. The van der Waals surface area contributed by atoms with Crippen molar-refractivity contribution in [2.75, 3.05) is 25.5 Å². The highest BCUT2D eigenvalue weighted by Gasteiger charge is 2.29. The Kier molecular flexibility index (Phi) is 9.30. The van der Waals surface area contributed by atoms with E-state index in [1.807, 2.05) is 24.3 Å². The van der Waals surface area contributed by atoms with Crippen LogP contribution in [0.2, 0.25) is 5.02 Å². The first kappa shape index (κ1) is 28.4. The van der Waals surface area contributed by atoms with Gasteiger partial charge in [-0.15, -0.1) is 11.3 Å². The van der Waals surface area contributed by atoms with Crippen LogP contribution in [0.15, 0.2) is 59.3 Å². The summed E-state index contributed by atoms with van der Waals surface area (Å²) < 4.78 is 38.0. The van der Waals surface area contributed by atoms with Crippen molar-refractivity contribution in [3.63, 3.8) is 0 Å². The van der Waals surface area contributed by atoms with Crippen LogP contribution in [0.5, 0.6) is 5.75 Å². The minimum Gasteiger partial charge on any atom is -0.465 e. The van der Waals surface area contributed by atoms with E-state index in [0.29, 0.717) is 41.0 Å². The Labute approximate surface area is 238 Å². The number of piperidine rings is 1. The molecule has 4 rings (SSSR count). The average Bonchev–Trinajstić information content (AvgIpc) is 3.24. The second-order valence-corrected chi connectivity index (χ2v) is 12.7. The molecule has 0 aliphatic carbocycles. The molecule has 0 amide bonds. The summed E-state index contributed by atoms with van der Waals surface area (Å²) in [5.41, 5.74) is 2.39. The van der Waals surface area contributed by atoms with Gasteiger partial charge in [0.1, 0.15) is 0 Å². The number of halogens is 2. The number of thiophene rings is 1. The molecular weight excluding hydrogens is 616 g/mol. The monoisotopic (exact) mass is 638 g/mol. The quantitative estimate of drug-likeness (QED) is 0.181. The van der Waals surface area contributed by atoms with Gasteiger partial charge >= 0.3 is 5.97 Å². The van der Waals surface area contributed by atoms with Crippen molar-refractivity contribution in [3.05, 3.63) is 74.7 Å². The summed E-state index contributed by atoms with van der Waals surface area (Å²) in [6, 6.07) is 14.6. The molecule has 8 nitrogen and oxygen atoms in total. The largest absolute Gasteiger partial charge is 0.465 e. The lowest BCUT2D eigenvalue weighted by molar-refractivity contribution is 0.0603. The predicted molar refractivity (Wildman–Crippen MR) is 152 cm³/mol. The molecule has 2 heterocycles. The summed E-state index contributed by atoms with van der Waals surface area (Å²) in [5, 5.41) is 4.07. The Hall–Kier alpha value is -2.66. The van der Waals surface area contributed by atoms with Gasteiger partial charge in [0, 0.05) is 29.8 Å². The minimum absolute atomic E-state index is 0.0537. The zero-order valence-corrected chi connectivity index (χ0v) is 24.3. The molecule has 0 atom stereocenters. The van der Waals surface area contributed by atoms with E-state index in [4.69, 9.17) is 21.1 Å². The fourth-order valence-electron chi connectivity index (χ4n) is 4.14. The number of carbonyl (C=O) groups excluding carboxylic acids is 2. The second-order valence-electron chi connectivity index (χ2n) is 8.53. The number of hydrogen-bond donors (Lipinski definition) is 1. The van der Waals surface area contributed by atoms with E-state index in [9.17, 15) is 18.0 Å². The highest BCUT2D eigenvalue weighted by molar-refractivity contribution is 9.10. The Morgan fingerprint density at radius 3 is 2.61 bits per heavy atom. The first-order chi connectivity index (χ1) is 18.2. The van der Waals surface area contributed by atoms with Gasteiger partial charge in [-0.2, -0.15) is 0 Å². The van der Waals surface area contributed by atoms with Crippen molar-refractivity contribution in [1.82, 2.24) is 4.31 Å². The number of nitrogens with one attached hydrogen (secondary N) is 1. The molecule has 1 aromatic heterocycles. The number of nitrogens with zero attached hydrogens (tertiary/aromatic N) is 1. The average molecular weight is 640 g/mol. The zero-order chi connectivity index (χ0) is 27.3. The van der Waals surface area contributed by atoms with Crippen LogP contribution < -0.4 is 10.1 Å². The van der Waals surface area contributed by atoms with Gasteiger partial charge in [0.25, 0.3) is 0 Å². The number of ether oxygens (including phenoxy) is 2. The summed E-state index contributed by atoms with van der Waals surface area (Å²) in [5.74, 6) is 1.09. The minimum atomic E-state index is -3.43. The summed E-state index contributed by atoms with van der Waals surface area (Å²) in [6.45, 7) is 0.856. The molecule has 1 aliphatic rings. The number of carbonyl (C=O) groups is 1. The third-order valence-corrected chi connectivity index (χ3v) is 10.3. The van der Waals surface area contributed by atoms with Gasteiger partial charge in [0.05, 0.1) is 22.2 Å². The first-order valence-corrected chi connectivity index (χ1v) is 15.2. The van der Waals surface area contributed by atoms with E-state index in [1.165, 1.54) is 24.4 Å². The maximum atomic E-state index is 12.9. The van der Waals surface area contributed by atoms with Crippen LogP contribution >= 0.6 is 38.9 Å². The topological polar surface area (TPSA) is 102 Å². The molecular formula is C26H24BrClN2O6S2. The Bertz CT molecular complexity index is 1460. The van der Waals surface area contributed by atoms with Crippen LogP contribution in [0.1, 0.15) is 28.1 Å². The summed E-state index contributed by atoms with van der Waals surface area (Å²) >= 11 is 10.6. The van der Waals surface area contributed by atoms with E-state index >= 15 is 0 Å². The standard InChI is InChI=1S/C26H24BrClN2O6S2/c1-35-26(32)25-23(36-14-13-31)22(27)24(37-25)18-3-2-4-21(15-18)29-20-9-11-30(12-10-20)38(33,34)16-17-5-7-19(28)8-6-17/h2-8,14-15,20,29H,9-12,16H2,1H3. The molecule has 1 aliphatic heterocycles. The van der Waals surface area contributed by atoms with Gasteiger partial charge in [-0.25, -0.2) is 22.3 Å². The third-order valence-electron chi connectivity index (χ3n) is 6.01. The lowest BCUT2D eigenvalue weighted by Gasteiger charge is -2.32. The van der Waals surface area contributed by atoms with Gasteiger partial charge in [-0.3, -0.25) is 0 Å². The van der Waals surface area contributed by atoms with E-state index in [1.54, 1.807) is 28.6 Å². The molecule has 200 valence electrons. The number of rotatable bonds is 9. The van der Waals surface area contributed by atoms with Gasteiger partial charge in [0.15, 0.2) is 22.8 Å². The van der Waals surface area contributed by atoms with Crippen molar-refractivity contribution in [2.45, 2.75) is 24.6 Å². The molecule has 1 saturated heterocycles. The predicted octanol–water partition coefficient (Wildman–Crippen LogP) is 5.75. The molecule has 0 radical (unpaired) electrons. The molecule has 2 aromatic carbocycles. The fourth-order valence-corrected chi connectivity index (χ4v) is 7.77. The van der Waals surface area contributed by atoms with Crippen molar-refractivity contribution >= 4 is 66.5 Å². The van der Waals surface area contributed by atoms with E-state index < -0.39 is 16.0 Å². The Morgan fingerprint density at radius 1 is 1.24 bits per heavy atom. The summed E-state index contributed by atoms with van der Waals surface area (Å²) in [6.07, 6.45) is 2.16. The van der Waals surface area contributed by atoms with E-state index in [2.05, 4.69) is 21.2 Å². The smallest absolute Gasteiger partial charge is 0.351 e. The summed E-state index contributed by atoms with van der Waals surface area (Å²) in [7, 11) is -2.16. The van der Waals surface area contributed by atoms with Crippen molar-refractivity contribution in [2.24, 2.45) is 0 Å². The van der Waals surface area contributed by atoms with Crippen molar-refractivity contribution < 1.29 is 27.5 Å². The van der Waals surface area contributed by atoms with Crippen LogP contribution in [-0.2, 0) is 25.3 Å². The zero-order valence-electron chi connectivity index (χ0n) is 20.3. The lowest BCUT2D eigenvalue weighted by Crippen LogP contribution is -2.42. The number of methoxy groups -OCH3 is 1. The number of esters is 1. The molecule has 3 aromatic rings. The lowest BCUT2D eigenvalue weighted by atomic mass is 10.1. The molecule has 1 N–H and O–H groups in total. The van der Waals surface area contributed by atoms with Crippen LogP contribution in [0.25, 0.3) is 10.4 Å². The molecule has 12 heteroatoms. The van der Waals surface area contributed by atoms with Crippen LogP contribution in [0.4, 0.5) is 5.69 Å². The third kappa shape index (κ3) is 6.66. The molecule has 0 unspecified atom stereocenters. The first-order valence-electron chi connectivity index (χ1n) is 11.6. The van der Waals surface area contributed by atoms with Gasteiger partial charge in [-0.1, -0.05) is 35.9 Å². The van der Waals surface area contributed by atoms with Crippen LogP contribution in [0.3, 0.4) is 0 Å². The maximum Gasteiger partial charge on any atom is 0.351 e. The van der Waals surface area contributed by atoms with Gasteiger partial charge in [0.2, 0.25) is 10.0 Å². The Balaban J connectivity index is 1.44. The molecule has 0 bridgehead atoms. The van der Waals surface area contributed by atoms with Crippen LogP contribution in [0, 0.1) is 0 Å². The van der Waals surface area contributed by atoms with Crippen molar-refractivity contribution in [3.8, 4) is 16.2 Å². The summed E-state index contributed by atoms with van der Waals surface area (Å²) in [4.78, 5) is 23.8. The SMILES string of the molecule is COC(=O)c1sc(-c2cccc(NC3CCN(S(=O)(=O)Cc4ccc(Cl)cc4)CC3)c2)c(Br)c1OC=C=O. The number of hydrogen-bond acceptors (Lipinski definition) is 8. The molecule has 0 saturated carbocycles. The number of anilines is 1. The fraction of sp³-hybridized carbons (Fsp3) is 0.269. The molecule has 38 heavy (non-hydrogen) atoms. The van der Waals surface area contributed by atoms with E-state index in [0.717, 1.165) is 22.4 Å². The maximum absolute atomic E-state index is 12.9. The van der Waals surface area contributed by atoms with Gasteiger partial charge in [-0.05, 0) is 64.2 Å². The van der Waals surface area contributed by atoms with Crippen LogP contribution in [-0.4, -0.2) is 50.9 Å². The van der Waals surface area contributed by atoms with Crippen molar-refractivity contribution in [1.29, 1.82) is 0 Å². The number of sulfonamides is 1. The normalized spacial score (nSPS) is 14.5. The highest BCUT2D eigenvalue weighted by Crippen LogP contribution is 2.46. The molecule has 1 fully saturated rings. The second kappa shape index (κ2) is 12.5.